The van der Waals surface area contributed by atoms with Gasteiger partial charge < -0.3 is 19.9 Å². The first-order valence-corrected chi connectivity index (χ1v) is 10.2. The molecule has 7 heteroatoms. The summed E-state index contributed by atoms with van der Waals surface area (Å²) >= 11 is 0. The Bertz CT molecular complexity index is 906. The lowest BCUT2D eigenvalue weighted by molar-refractivity contribution is 0.122. The lowest BCUT2D eigenvalue weighted by Crippen LogP contribution is -2.36. The van der Waals surface area contributed by atoms with Crippen LogP contribution < -0.4 is 10.2 Å². The average Bonchev–Trinajstić information content (AvgIpc) is 3.25. The van der Waals surface area contributed by atoms with Gasteiger partial charge >= 0.3 is 6.03 Å². The van der Waals surface area contributed by atoms with E-state index >= 15 is 0 Å². The largest absolute Gasteiger partial charge is 0.378 e. The van der Waals surface area contributed by atoms with Gasteiger partial charge in [0.2, 0.25) is 0 Å². The van der Waals surface area contributed by atoms with Crippen LogP contribution in [-0.2, 0) is 4.74 Å². The van der Waals surface area contributed by atoms with Crippen molar-refractivity contribution in [3.8, 4) is 11.1 Å². The number of ether oxygens (including phenoxy) is 1. The smallest absolute Gasteiger partial charge is 0.321 e. The number of pyridine rings is 1. The number of halogens is 1. The van der Waals surface area contributed by atoms with E-state index in [-0.39, 0.29) is 11.7 Å². The molecule has 154 valence electrons. The van der Waals surface area contributed by atoms with Gasteiger partial charge in [-0.05, 0) is 67.6 Å². The normalized spacial score (nSPS) is 16.9. The van der Waals surface area contributed by atoms with Gasteiger partial charge in [-0.2, -0.15) is 0 Å². The highest BCUT2D eigenvalue weighted by Crippen LogP contribution is 2.31. The minimum absolute atomic E-state index is 0.213. The summed E-state index contributed by atoms with van der Waals surface area (Å²) in [6, 6.07) is 7.01. The second-order valence-corrected chi connectivity index (χ2v) is 7.73. The number of benzene rings is 1. The Morgan fingerprint density at radius 1 is 1.07 bits per heavy atom. The topological polar surface area (TPSA) is 57.7 Å². The SMILES string of the molecule is Cc1cc(-c2cc(NC(=O)N3CCCC3)c(F)cc2C)cc(N2CCOCC2)n1. The van der Waals surface area contributed by atoms with Crippen LogP contribution in [0, 0.1) is 19.7 Å². The molecule has 2 amide bonds. The molecular weight excluding hydrogens is 371 g/mol. The van der Waals surface area contributed by atoms with Gasteiger partial charge in [0.05, 0.1) is 18.9 Å². The predicted octanol–water partition coefficient (Wildman–Crippen LogP) is 3.97. The number of anilines is 2. The molecule has 4 rings (SSSR count). The molecular formula is C22H27FN4O2. The summed E-state index contributed by atoms with van der Waals surface area (Å²) in [7, 11) is 0. The van der Waals surface area contributed by atoms with Gasteiger partial charge in [-0.25, -0.2) is 14.2 Å². The Morgan fingerprint density at radius 2 is 1.79 bits per heavy atom. The number of nitrogens with zero attached hydrogens (tertiary/aromatic N) is 3. The third-order valence-electron chi connectivity index (χ3n) is 5.53. The molecule has 1 aromatic heterocycles. The lowest BCUT2D eigenvalue weighted by Gasteiger charge is -2.28. The zero-order valence-corrected chi connectivity index (χ0v) is 17.0. The fourth-order valence-corrected chi connectivity index (χ4v) is 3.95. The van der Waals surface area contributed by atoms with Crippen molar-refractivity contribution < 1.29 is 13.9 Å². The van der Waals surface area contributed by atoms with E-state index in [2.05, 4.69) is 15.2 Å². The van der Waals surface area contributed by atoms with Gasteiger partial charge in [0.1, 0.15) is 11.6 Å². The first-order chi connectivity index (χ1) is 14.0. The van der Waals surface area contributed by atoms with Gasteiger partial charge in [0.25, 0.3) is 0 Å². The highest BCUT2D eigenvalue weighted by Gasteiger charge is 2.20. The summed E-state index contributed by atoms with van der Waals surface area (Å²) in [5, 5.41) is 2.75. The van der Waals surface area contributed by atoms with Crippen LogP contribution in [0.5, 0.6) is 0 Å². The van der Waals surface area contributed by atoms with Crippen molar-refractivity contribution in [1.82, 2.24) is 9.88 Å². The van der Waals surface area contributed by atoms with Crippen LogP contribution in [-0.4, -0.2) is 55.3 Å². The van der Waals surface area contributed by atoms with Crippen LogP contribution in [0.2, 0.25) is 0 Å². The zero-order chi connectivity index (χ0) is 20.4. The fraction of sp³-hybridized carbons (Fsp3) is 0.455. The maximum Gasteiger partial charge on any atom is 0.321 e. The van der Waals surface area contributed by atoms with Crippen LogP contribution in [0.25, 0.3) is 11.1 Å². The van der Waals surface area contributed by atoms with Crippen molar-refractivity contribution in [1.29, 1.82) is 0 Å². The number of hydrogen-bond acceptors (Lipinski definition) is 4. The summed E-state index contributed by atoms with van der Waals surface area (Å²) in [6.07, 6.45) is 1.99. The molecule has 6 nitrogen and oxygen atoms in total. The van der Waals surface area contributed by atoms with Crippen molar-refractivity contribution in [3.05, 3.63) is 41.3 Å². The van der Waals surface area contributed by atoms with Gasteiger partial charge in [-0.3, -0.25) is 0 Å². The molecule has 29 heavy (non-hydrogen) atoms. The Balaban J connectivity index is 1.65. The quantitative estimate of drug-likeness (QED) is 0.850. The molecule has 2 aliphatic heterocycles. The molecule has 0 aliphatic carbocycles. The molecule has 3 heterocycles. The van der Waals surface area contributed by atoms with E-state index in [1.807, 2.05) is 26.0 Å². The molecule has 1 aromatic carbocycles. The van der Waals surface area contributed by atoms with Gasteiger partial charge in [0.15, 0.2) is 0 Å². The molecule has 0 spiro atoms. The minimum atomic E-state index is -0.419. The maximum absolute atomic E-state index is 14.6. The van der Waals surface area contributed by atoms with E-state index in [0.717, 1.165) is 67.2 Å². The number of rotatable bonds is 3. The Hall–Kier alpha value is -2.67. The summed E-state index contributed by atoms with van der Waals surface area (Å²) < 4.78 is 20.0. The number of aryl methyl sites for hydroxylation is 2. The summed E-state index contributed by atoms with van der Waals surface area (Å²) in [5.74, 6) is 0.479. The molecule has 1 N–H and O–H groups in total. The lowest BCUT2D eigenvalue weighted by atomic mass is 9.99. The number of aromatic nitrogens is 1. The van der Waals surface area contributed by atoms with Crippen LogP contribution in [0.1, 0.15) is 24.1 Å². The molecule has 0 saturated carbocycles. The van der Waals surface area contributed by atoms with Crippen LogP contribution >= 0.6 is 0 Å². The van der Waals surface area contributed by atoms with E-state index < -0.39 is 5.82 Å². The van der Waals surface area contributed by atoms with Crippen molar-refractivity contribution >= 4 is 17.5 Å². The number of hydrogen-bond donors (Lipinski definition) is 1. The van der Waals surface area contributed by atoms with Crippen molar-refractivity contribution in [2.75, 3.05) is 49.6 Å². The Morgan fingerprint density at radius 3 is 2.52 bits per heavy atom. The second kappa shape index (κ2) is 8.37. The number of urea groups is 1. The van der Waals surface area contributed by atoms with Crippen molar-refractivity contribution in [3.63, 3.8) is 0 Å². The summed E-state index contributed by atoms with van der Waals surface area (Å²) in [4.78, 5) is 21.0. The van der Waals surface area contributed by atoms with E-state index in [4.69, 9.17) is 4.74 Å². The van der Waals surface area contributed by atoms with Gasteiger partial charge in [0, 0.05) is 31.9 Å². The first kappa shape index (κ1) is 19.6. The molecule has 0 bridgehead atoms. The summed E-state index contributed by atoms with van der Waals surface area (Å²) in [5.41, 5.74) is 3.79. The Labute approximate surface area is 170 Å². The van der Waals surface area contributed by atoms with Crippen molar-refractivity contribution in [2.24, 2.45) is 0 Å². The monoisotopic (exact) mass is 398 g/mol. The molecule has 0 unspecified atom stereocenters. The minimum Gasteiger partial charge on any atom is -0.378 e. The third kappa shape index (κ3) is 4.34. The molecule has 0 atom stereocenters. The highest BCUT2D eigenvalue weighted by atomic mass is 19.1. The molecule has 2 saturated heterocycles. The first-order valence-electron chi connectivity index (χ1n) is 10.2. The fourth-order valence-electron chi connectivity index (χ4n) is 3.95. The van der Waals surface area contributed by atoms with Gasteiger partial charge in [-0.1, -0.05) is 0 Å². The van der Waals surface area contributed by atoms with Crippen LogP contribution in [0.4, 0.5) is 20.7 Å². The summed E-state index contributed by atoms with van der Waals surface area (Å²) in [6.45, 7) is 8.26. The molecule has 2 aliphatic rings. The average molecular weight is 398 g/mol. The van der Waals surface area contributed by atoms with E-state index in [0.29, 0.717) is 13.2 Å². The highest BCUT2D eigenvalue weighted by molar-refractivity contribution is 5.91. The van der Waals surface area contributed by atoms with E-state index in [1.165, 1.54) is 6.07 Å². The standard InChI is InChI=1S/C22H27FN4O2/c1-15-11-19(23)20(25-22(28)27-5-3-4-6-27)14-18(15)17-12-16(2)24-21(13-17)26-7-9-29-10-8-26/h11-14H,3-10H2,1-2H3,(H,25,28). The van der Waals surface area contributed by atoms with E-state index in [9.17, 15) is 9.18 Å². The molecule has 2 aromatic rings. The van der Waals surface area contributed by atoms with Crippen LogP contribution in [0.3, 0.4) is 0 Å². The maximum atomic E-state index is 14.6. The number of nitrogens with one attached hydrogen (secondary N) is 1. The van der Waals surface area contributed by atoms with Crippen molar-refractivity contribution in [2.45, 2.75) is 26.7 Å². The molecule has 0 radical (unpaired) electrons. The number of morpholine rings is 1. The number of carbonyl (C=O) groups excluding carboxylic acids is 1. The molecule has 2 fully saturated rings. The number of amides is 2. The number of likely N-dealkylation sites (tertiary alicyclic amines) is 1. The predicted molar refractivity (Wildman–Crippen MR) is 112 cm³/mol. The Kier molecular flexibility index (Phi) is 5.67. The second-order valence-electron chi connectivity index (χ2n) is 7.73. The third-order valence-corrected chi connectivity index (χ3v) is 5.53. The van der Waals surface area contributed by atoms with Gasteiger partial charge in [-0.15, -0.1) is 0 Å². The van der Waals surface area contributed by atoms with Crippen LogP contribution in [0.15, 0.2) is 24.3 Å². The number of carbonyl (C=O) groups is 1. The zero-order valence-electron chi connectivity index (χ0n) is 17.0. The van der Waals surface area contributed by atoms with E-state index in [1.54, 1.807) is 11.0 Å².